The number of nitrogens with zero attached hydrogens (tertiary/aromatic N) is 1. The van der Waals surface area contributed by atoms with Gasteiger partial charge in [0.15, 0.2) is 0 Å². The van der Waals surface area contributed by atoms with Crippen LogP contribution in [0, 0.1) is 0 Å². The van der Waals surface area contributed by atoms with Crippen LogP contribution in [0.25, 0.3) is 0 Å². The number of carbonyl (C=O) groups is 1. The molecule has 0 unspecified atom stereocenters. The van der Waals surface area contributed by atoms with E-state index < -0.39 is 0 Å². The highest BCUT2D eigenvalue weighted by molar-refractivity contribution is 8.00. The Bertz CT molecular complexity index is 646. The van der Waals surface area contributed by atoms with Gasteiger partial charge in [0.05, 0.1) is 27.3 Å². The Balaban J connectivity index is 1.87. The topological polar surface area (TPSA) is 46.3 Å². The third-order valence-electron chi connectivity index (χ3n) is 2.78. The van der Waals surface area contributed by atoms with E-state index in [9.17, 15) is 4.79 Å². The highest BCUT2D eigenvalue weighted by Gasteiger charge is 2.11. The molecule has 0 spiro atoms. The van der Waals surface area contributed by atoms with Gasteiger partial charge in [0.2, 0.25) is 5.91 Å². The van der Waals surface area contributed by atoms with Crippen molar-refractivity contribution in [1.82, 2.24) is 4.90 Å². The molecule has 2 aromatic rings. The van der Waals surface area contributed by atoms with Gasteiger partial charge in [-0.3, -0.25) is 4.79 Å². The molecular weight excluding hydrogens is 347 g/mol. The first kappa shape index (κ1) is 16.5. The molecule has 7 heteroatoms. The third kappa shape index (κ3) is 4.81. The molecular formula is C14H14Cl2N2OS2. The SMILES string of the molecule is CN(Cc1ccc(Cl)s1)C(=O)CSc1ccc(N)c(Cl)c1. The van der Waals surface area contributed by atoms with Crippen LogP contribution >= 0.6 is 46.3 Å². The lowest BCUT2D eigenvalue weighted by atomic mass is 10.3. The van der Waals surface area contributed by atoms with E-state index in [2.05, 4.69) is 0 Å². The monoisotopic (exact) mass is 360 g/mol. The smallest absolute Gasteiger partial charge is 0.233 e. The summed E-state index contributed by atoms with van der Waals surface area (Å²) in [4.78, 5) is 15.8. The number of thioether (sulfide) groups is 1. The van der Waals surface area contributed by atoms with E-state index in [0.717, 1.165) is 14.1 Å². The molecule has 1 amide bonds. The van der Waals surface area contributed by atoms with Gasteiger partial charge in [0.1, 0.15) is 0 Å². The van der Waals surface area contributed by atoms with Crippen molar-refractivity contribution in [1.29, 1.82) is 0 Å². The fourth-order valence-electron chi connectivity index (χ4n) is 1.61. The predicted octanol–water partition coefficient (Wildman–Crippen LogP) is 4.39. The molecule has 0 aliphatic carbocycles. The first-order valence-corrected chi connectivity index (χ1v) is 8.67. The molecule has 0 fully saturated rings. The average molecular weight is 361 g/mol. The minimum atomic E-state index is 0.0532. The molecule has 112 valence electrons. The fraction of sp³-hybridized carbons (Fsp3) is 0.214. The maximum absolute atomic E-state index is 12.1. The minimum absolute atomic E-state index is 0.0532. The Hall–Kier alpha value is -0.880. The lowest BCUT2D eigenvalue weighted by molar-refractivity contribution is -0.127. The van der Waals surface area contributed by atoms with Crippen LogP contribution < -0.4 is 5.73 Å². The van der Waals surface area contributed by atoms with Crippen LogP contribution in [-0.2, 0) is 11.3 Å². The normalized spacial score (nSPS) is 10.6. The first-order valence-electron chi connectivity index (χ1n) is 6.11. The van der Waals surface area contributed by atoms with Crippen molar-refractivity contribution >= 4 is 57.9 Å². The van der Waals surface area contributed by atoms with Crippen LogP contribution in [0.1, 0.15) is 4.88 Å². The molecule has 1 heterocycles. The summed E-state index contributed by atoms with van der Waals surface area (Å²) >= 11 is 14.8. The summed E-state index contributed by atoms with van der Waals surface area (Å²) in [6, 6.07) is 9.15. The third-order valence-corrected chi connectivity index (χ3v) is 5.30. The van der Waals surface area contributed by atoms with Crippen molar-refractivity contribution in [3.63, 3.8) is 0 Å². The summed E-state index contributed by atoms with van der Waals surface area (Å²) in [5.41, 5.74) is 6.20. The molecule has 1 aromatic carbocycles. The number of benzene rings is 1. The highest BCUT2D eigenvalue weighted by Crippen LogP contribution is 2.27. The molecule has 21 heavy (non-hydrogen) atoms. The summed E-state index contributed by atoms with van der Waals surface area (Å²) in [6.45, 7) is 0.569. The molecule has 0 saturated carbocycles. The molecule has 3 nitrogen and oxygen atoms in total. The molecule has 0 saturated heterocycles. The zero-order valence-corrected chi connectivity index (χ0v) is 14.5. The van der Waals surface area contributed by atoms with Gasteiger partial charge in [-0.15, -0.1) is 23.1 Å². The summed E-state index contributed by atoms with van der Waals surface area (Å²) in [5, 5.41) is 0.508. The second-order valence-corrected chi connectivity index (χ2v) is 7.68. The largest absolute Gasteiger partial charge is 0.398 e. The number of nitrogens with two attached hydrogens (primary N) is 1. The Kier molecular flexibility index (Phi) is 5.81. The summed E-state index contributed by atoms with van der Waals surface area (Å²) in [5.74, 6) is 0.410. The zero-order chi connectivity index (χ0) is 15.4. The zero-order valence-electron chi connectivity index (χ0n) is 11.3. The van der Waals surface area contributed by atoms with Crippen molar-refractivity contribution in [3.8, 4) is 0 Å². The van der Waals surface area contributed by atoms with E-state index in [1.807, 2.05) is 18.2 Å². The van der Waals surface area contributed by atoms with Crippen LogP contribution in [-0.4, -0.2) is 23.6 Å². The van der Waals surface area contributed by atoms with Gasteiger partial charge in [0, 0.05) is 16.8 Å². The number of carbonyl (C=O) groups excluding carboxylic acids is 1. The van der Waals surface area contributed by atoms with E-state index in [0.29, 0.717) is 23.0 Å². The molecule has 0 aliphatic rings. The van der Waals surface area contributed by atoms with Crippen molar-refractivity contribution in [2.75, 3.05) is 18.5 Å². The fourth-order valence-corrected chi connectivity index (χ4v) is 3.87. The number of amides is 1. The minimum Gasteiger partial charge on any atom is -0.398 e. The van der Waals surface area contributed by atoms with Gasteiger partial charge in [0.25, 0.3) is 0 Å². The molecule has 0 bridgehead atoms. The van der Waals surface area contributed by atoms with Crippen LogP contribution in [0.3, 0.4) is 0 Å². The summed E-state index contributed by atoms with van der Waals surface area (Å²) in [7, 11) is 1.78. The second-order valence-electron chi connectivity index (χ2n) is 4.43. The van der Waals surface area contributed by atoms with Crippen molar-refractivity contribution in [2.24, 2.45) is 0 Å². The van der Waals surface area contributed by atoms with Crippen molar-refractivity contribution in [3.05, 3.63) is 44.6 Å². The lowest BCUT2D eigenvalue weighted by Gasteiger charge is -2.16. The summed E-state index contributed by atoms with van der Waals surface area (Å²) in [6.07, 6.45) is 0. The van der Waals surface area contributed by atoms with Gasteiger partial charge in [-0.25, -0.2) is 0 Å². The highest BCUT2D eigenvalue weighted by atomic mass is 35.5. The van der Waals surface area contributed by atoms with Crippen molar-refractivity contribution < 1.29 is 4.79 Å². The summed E-state index contributed by atoms with van der Waals surface area (Å²) < 4.78 is 0.733. The number of nitrogen functional groups attached to an aromatic ring is 1. The second kappa shape index (κ2) is 7.40. The molecule has 0 radical (unpaired) electrons. The van der Waals surface area contributed by atoms with Gasteiger partial charge >= 0.3 is 0 Å². The number of anilines is 1. The molecule has 0 atom stereocenters. The Labute approximate surface area is 142 Å². The molecule has 2 rings (SSSR count). The number of rotatable bonds is 5. The Morgan fingerprint density at radius 1 is 1.33 bits per heavy atom. The average Bonchev–Trinajstić information content (AvgIpc) is 2.85. The Morgan fingerprint density at radius 3 is 2.71 bits per heavy atom. The number of hydrogen-bond acceptors (Lipinski definition) is 4. The maximum Gasteiger partial charge on any atom is 0.233 e. The van der Waals surface area contributed by atoms with Crippen LogP contribution in [0.2, 0.25) is 9.36 Å². The number of thiophene rings is 1. The quantitative estimate of drug-likeness (QED) is 0.635. The van der Waals surface area contributed by atoms with Crippen LogP contribution in [0.15, 0.2) is 35.2 Å². The van der Waals surface area contributed by atoms with Gasteiger partial charge in [-0.05, 0) is 30.3 Å². The van der Waals surface area contributed by atoms with Gasteiger partial charge < -0.3 is 10.6 Å². The molecule has 0 aliphatic heterocycles. The van der Waals surface area contributed by atoms with Gasteiger partial charge in [-0.2, -0.15) is 0 Å². The van der Waals surface area contributed by atoms with E-state index in [1.54, 1.807) is 24.1 Å². The maximum atomic E-state index is 12.1. The first-order chi connectivity index (χ1) is 9.95. The number of hydrogen-bond donors (Lipinski definition) is 1. The molecule has 1 aromatic heterocycles. The molecule has 2 N–H and O–H groups in total. The van der Waals surface area contributed by atoms with E-state index >= 15 is 0 Å². The van der Waals surface area contributed by atoms with Crippen molar-refractivity contribution in [2.45, 2.75) is 11.4 Å². The lowest BCUT2D eigenvalue weighted by Crippen LogP contribution is -2.27. The van der Waals surface area contributed by atoms with Crippen LogP contribution in [0.5, 0.6) is 0 Å². The predicted molar refractivity (Wildman–Crippen MR) is 92.4 cm³/mol. The van der Waals surface area contributed by atoms with E-state index in [-0.39, 0.29) is 5.91 Å². The van der Waals surface area contributed by atoms with Gasteiger partial charge in [-0.1, -0.05) is 23.2 Å². The standard InChI is InChI=1S/C14H14Cl2N2OS2/c1-18(7-10-3-5-13(16)21-10)14(19)8-20-9-2-4-12(17)11(15)6-9/h2-6H,7-8,17H2,1H3. The van der Waals surface area contributed by atoms with E-state index in [4.69, 9.17) is 28.9 Å². The van der Waals surface area contributed by atoms with E-state index in [1.165, 1.54) is 23.1 Å². The van der Waals surface area contributed by atoms with Crippen LogP contribution in [0.4, 0.5) is 5.69 Å². The number of halogens is 2. The Morgan fingerprint density at radius 2 is 2.10 bits per heavy atom.